The first kappa shape index (κ1) is 20.6. The maximum absolute atomic E-state index is 2.86. The van der Waals surface area contributed by atoms with Gasteiger partial charge in [0, 0.05) is 37.3 Å². The number of hydrogen-bond acceptors (Lipinski definition) is 3. The maximum Gasteiger partial charge on any atom is 0.0125 e. The molecule has 3 fully saturated rings. The minimum Gasteiger partial charge on any atom is -0.300 e. The van der Waals surface area contributed by atoms with Crippen LogP contribution in [0.1, 0.15) is 80.1 Å². The van der Waals surface area contributed by atoms with Gasteiger partial charge in [-0.3, -0.25) is 9.80 Å². The Bertz CT molecular complexity index is 431. The Labute approximate surface area is 163 Å². The highest BCUT2D eigenvalue weighted by Gasteiger charge is 2.35. The van der Waals surface area contributed by atoms with Crippen LogP contribution in [0.4, 0.5) is 0 Å². The van der Waals surface area contributed by atoms with E-state index < -0.39 is 0 Å². The summed E-state index contributed by atoms with van der Waals surface area (Å²) in [6.07, 6.45) is 8.39. The zero-order valence-electron chi connectivity index (χ0n) is 18.6. The lowest BCUT2D eigenvalue weighted by Crippen LogP contribution is -2.54. The molecule has 0 amide bonds. The van der Waals surface area contributed by atoms with E-state index in [0.29, 0.717) is 11.0 Å². The Kier molecular flexibility index (Phi) is 6.41. The van der Waals surface area contributed by atoms with Crippen molar-refractivity contribution in [3.8, 4) is 0 Å². The molecule has 3 heterocycles. The molecule has 0 aromatic heterocycles. The summed E-state index contributed by atoms with van der Waals surface area (Å²) in [7, 11) is 0. The van der Waals surface area contributed by atoms with Crippen LogP contribution in [0, 0.1) is 11.3 Å². The first-order chi connectivity index (χ1) is 12.1. The Morgan fingerprint density at radius 2 is 1.15 bits per heavy atom. The highest BCUT2D eigenvalue weighted by atomic mass is 15.2. The summed E-state index contributed by atoms with van der Waals surface area (Å²) in [5, 5.41) is 0. The normalized spacial score (nSPS) is 30.0. The van der Waals surface area contributed by atoms with Gasteiger partial charge in [0.25, 0.3) is 0 Å². The molecule has 0 N–H and O–H groups in total. The van der Waals surface area contributed by atoms with Crippen molar-refractivity contribution in [1.29, 1.82) is 0 Å². The third-order valence-corrected chi connectivity index (χ3v) is 7.62. The third kappa shape index (κ3) is 5.02. The van der Waals surface area contributed by atoms with Crippen LogP contribution in [0.2, 0.25) is 0 Å². The van der Waals surface area contributed by atoms with Crippen molar-refractivity contribution in [3.63, 3.8) is 0 Å². The second kappa shape index (κ2) is 8.09. The fourth-order valence-electron chi connectivity index (χ4n) is 5.56. The number of piperidine rings is 3. The van der Waals surface area contributed by atoms with Gasteiger partial charge in [0.05, 0.1) is 0 Å². The summed E-state index contributed by atoms with van der Waals surface area (Å²) in [5.74, 6) is 0.885. The number of likely N-dealkylation sites (tertiary alicyclic amines) is 3. The van der Waals surface area contributed by atoms with E-state index in [9.17, 15) is 0 Å². The molecular weight excluding hydrogens is 318 g/mol. The van der Waals surface area contributed by atoms with Crippen LogP contribution in [0.5, 0.6) is 0 Å². The van der Waals surface area contributed by atoms with Gasteiger partial charge in [0.15, 0.2) is 0 Å². The summed E-state index contributed by atoms with van der Waals surface area (Å²) in [6, 6.07) is 1.70. The lowest BCUT2D eigenvalue weighted by Gasteiger charge is -2.48. The van der Waals surface area contributed by atoms with Gasteiger partial charge < -0.3 is 4.90 Å². The molecule has 0 spiro atoms. The average molecular weight is 364 g/mol. The van der Waals surface area contributed by atoms with Crippen LogP contribution < -0.4 is 0 Å². The monoisotopic (exact) mass is 363 g/mol. The Morgan fingerprint density at radius 3 is 1.69 bits per heavy atom. The quantitative estimate of drug-likeness (QED) is 0.716. The zero-order chi connectivity index (χ0) is 18.9. The van der Waals surface area contributed by atoms with E-state index in [1.54, 1.807) is 0 Å². The molecule has 3 heteroatoms. The number of nitrogens with zero attached hydrogens (tertiary/aromatic N) is 3. The molecule has 3 nitrogen and oxygen atoms in total. The van der Waals surface area contributed by atoms with E-state index in [1.165, 1.54) is 77.8 Å². The van der Waals surface area contributed by atoms with Gasteiger partial charge in [0.1, 0.15) is 0 Å². The molecule has 26 heavy (non-hydrogen) atoms. The Hall–Kier alpha value is -0.120. The average Bonchev–Trinajstić information content (AvgIpc) is 2.61. The van der Waals surface area contributed by atoms with Gasteiger partial charge in [-0.25, -0.2) is 0 Å². The number of rotatable bonds is 2. The van der Waals surface area contributed by atoms with Crippen molar-refractivity contribution in [2.75, 3.05) is 39.3 Å². The summed E-state index contributed by atoms with van der Waals surface area (Å²) >= 11 is 0. The molecule has 3 aliphatic rings. The zero-order valence-corrected chi connectivity index (χ0v) is 18.6. The van der Waals surface area contributed by atoms with Crippen LogP contribution >= 0.6 is 0 Å². The molecule has 3 saturated heterocycles. The van der Waals surface area contributed by atoms with Gasteiger partial charge >= 0.3 is 0 Å². The van der Waals surface area contributed by atoms with Crippen LogP contribution in [0.25, 0.3) is 0 Å². The standard InChI is InChI=1S/C23H45N3/c1-22(2,3)19-8-7-13-25(18-19)21-9-14-24(15-10-21)20-11-16-26(17-12-20)23(4,5)6/h19-21H,7-18H2,1-6H3. The van der Waals surface area contributed by atoms with Gasteiger partial charge in [-0.05, 0) is 90.3 Å². The van der Waals surface area contributed by atoms with E-state index in [2.05, 4.69) is 56.2 Å². The predicted octanol–water partition coefficient (Wildman–Crippen LogP) is 4.47. The minimum atomic E-state index is 0.343. The Morgan fingerprint density at radius 1 is 0.615 bits per heavy atom. The molecule has 1 unspecified atom stereocenters. The Balaban J connectivity index is 1.45. The van der Waals surface area contributed by atoms with Gasteiger partial charge in [0.2, 0.25) is 0 Å². The van der Waals surface area contributed by atoms with Crippen molar-refractivity contribution in [2.24, 2.45) is 11.3 Å². The fraction of sp³-hybridized carbons (Fsp3) is 1.00. The largest absolute Gasteiger partial charge is 0.300 e. The van der Waals surface area contributed by atoms with Crippen molar-refractivity contribution < 1.29 is 0 Å². The van der Waals surface area contributed by atoms with E-state index in [1.807, 2.05) is 0 Å². The van der Waals surface area contributed by atoms with Crippen molar-refractivity contribution in [3.05, 3.63) is 0 Å². The molecule has 3 rings (SSSR count). The van der Waals surface area contributed by atoms with Crippen LogP contribution in [-0.2, 0) is 0 Å². The number of hydrogen-bond donors (Lipinski definition) is 0. The first-order valence-corrected chi connectivity index (χ1v) is 11.4. The van der Waals surface area contributed by atoms with Crippen molar-refractivity contribution in [2.45, 2.75) is 97.7 Å². The molecule has 0 aliphatic carbocycles. The molecule has 0 bridgehead atoms. The second-order valence-electron chi connectivity index (χ2n) is 11.4. The molecule has 0 aromatic carbocycles. The lowest BCUT2D eigenvalue weighted by molar-refractivity contribution is 0.0122. The van der Waals surface area contributed by atoms with Gasteiger partial charge in [-0.1, -0.05) is 20.8 Å². The summed E-state index contributed by atoms with van der Waals surface area (Å²) in [4.78, 5) is 8.37. The van der Waals surface area contributed by atoms with E-state index in [-0.39, 0.29) is 0 Å². The van der Waals surface area contributed by atoms with Crippen molar-refractivity contribution >= 4 is 0 Å². The summed E-state index contributed by atoms with van der Waals surface area (Å²) in [5.41, 5.74) is 0.816. The SMILES string of the molecule is CC(C)(C)C1CCCN(C2CCN(C3CCN(C(C)(C)C)CC3)CC2)C1. The molecule has 1 atom stereocenters. The molecule has 3 aliphatic heterocycles. The van der Waals surface area contributed by atoms with E-state index >= 15 is 0 Å². The van der Waals surface area contributed by atoms with E-state index in [0.717, 1.165) is 18.0 Å². The third-order valence-electron chi connectivity index (χ3n) is 7.62. The van der Waals surface area contributed by atoms with Gasteiger partial charge in [-0.2, -0.15) is 0 Å². The minimum absolute atomic E-state index is 0.343. The van der Waals surface area contributed by atoms with Crippen LogP contribution in [0.3, 0.4) is 0 Å². The molecule has 0 saturated carbocycles. The summed E-state index contributed by atoms with van der Waals surface area (Å²) in [6.45, 7) is 22.3. The molecule has 152 valence electrons. The second-order valence-corrected chi connectivity index (χ2v) is 11.4. The lowest BCUT2D eigenvalue weighted by atomic mass is 9.75. The van der Waals surface area contributed by atoms with Crippen molar-refractivity contribution in [1.82, 2.24) is 14.7 Å². The molecule has 0 aromatic rings. The topological polar surface area (TPSA) is 9.72 Å². The van der Waals surface area contributed by atoms with Crippen LogP contribution in [0.15, 0.2) is 0 Å². The molecule has 0 radical (unpaired) electrons. The smallest absolute Gasteiger partial charge is 0.0125 e. The fourth-order valence-corrected chi connectivity index (χ4v) is 5.56. The molecular formula is C23H45N3. The van der Waals surface area contributed by atoms with Gasteiger partial charge in [-0.15, -0.1) is 0 Å². The highest BCUT2D eigenvalue weighted by Crippen LogP contribution is 2.35. The predicted molar refractivity (Wildman–Crippen MR) is 113 cm³/mol. The highest BCUT2D eigenvalue weighted by molar-refractivity contribution is 4.91. The first-order valence-electron chi connectivity index (χ1n) is 11.4. The maximum atomic E-state index is 2.86. The van der Waals surface area contributed by atoms with Crippen LogP contribution in [-0.4, -0.2) is 71.6 Å². The summed E-state index contributed by atoms with van der Waals surface area (Å²) < 4.78 is 0. The van der Waals surface area contributed by atoms with E-state index in [4.69, 9.17) is 0 Å².